The van der Waals surface area contributed by atoms with Crippen LogP contribution in [0.1, 0.15) is 32.6 Å². The van der Waals surface area contributed by atoms with Crippen molar-refractivity contribution in [1.82, 2.24) is 14.9 Å². The first-order valence-electron chi connectivity index (χ1n) is 10.7. The molecule has 2 atom stereocenters. The minimum atomic E-state index is -0.182. The predicted octanol–water partition coefficient (Wildman–Crippen LogP) is 4.18. The molecule has 1 heterocycles. The number of fused-ring (bicyclic) bond motifs is 1. The van der Waals surface area contributed by atoms with E-state index in [1.54, 1.807) is 17.7 Å². The molecule has 0 saturated heterocycles. The molecule has 3 aromatic rings. The number of hydrogen-bond acceptors (Lipinski definition) is 5. The van der Waals surface area contributed by atoms with Gasteiger partial charge in [0.15, 0.2) is 5.16 Å². The Hall–Kier alpha value is -2.80. The second-order valence-corrected chi connectivity index (χ2v) is 8.89. The molecule has 7 heteroatoms. The van der Waals surface area contributed by atoms with Gasteiger partial charge in [0.05, 0.1) is 29.5 Å². The van der Waals surface area contributed by atoms with Gasteiger partial charge in [-0.2, -0.15) is 0 Å². The molecule has 0 aliphatic heterocycles. The topological polar surface area (TPSA) is 73.2 Å². The maximum absolute atomic E-state index is 13.4. The summed E-state index contributed by atoms with van der Waals surface area (Å²) in [6.07, 6.45) is 4.56. The molecular formula is C24H27N3O3S. The lowest BCUT2D eigenvalue weighted by Gasteiger charge is -2.29. The Kier molecular flexibility index (Phi) is 6.61. The maximum atomic E-state index is 13.4. The zero-order chi connectivity index (χ0) is 21.8. The van der Waals surface area contributed by atoms with Crippen molar-refractivity contribution < 1.29 is 9.53 Å². The van der Waals surface area contributed by atoms with Crippen LogP contribution >= 0.6 is 11.8 Å². The average Bonchev–Trinajstić information content (AvgIpc) is 2.79. The van der Waals surface area contributed by atoms with E-state index in [-0.39, 0.29) is 23.3 Å². The van der Waals surface area contributed by atoms with E-state index < -0.39 is 0 Å². The molecule has 1 aromatic heterocycles. The average molecular weight is 438 g/mol. The van der Waals surface area contributed by atoms with Crippen molar-refractivity contribution in [3.8, 4) is 11.4 Å². The van der Waals surface area contributed by atoms with Crippen LogP contribution < -0.4 is 15.6 Å². The van der Waals surface area contributed by atoms with Gasteiger partial charge in [0, 0.05) is 6.04 Å². The Balaban J connectivity index is 1.66. The van der Waals surface area contributed by atoms with Gasteiger partial charge in [-0.15, -0.1) is 0 Å². The molecule has 0 radical (unpaired) electrons. The SMILES string of the molecule is COc1ccccc1-n1c(SCC(=O)NC2CCCCC2C)nc2ccccc2c1=O. The number of para-hydroxylation sites is 3. The van der Waals surface area contributed by atoms with Gasteiger partial charge >= 0.3 is 0 Å². The van der Waals surface area contributed by atoms with Crippen LogP contribution in [0.15, 0.2) is 58.5 Å². The van der Waals surface area contributed by atoms with Crippen LogP contribution in [0.25, 0.3) is 16.6 Å². The fourth-order valence-electron chi connectivity index (χ4n) is 4.15. The molecule has 162 valence electrons. The third kappa shape index (κ3) is 4.61. The highest BCUT2D eigenvalue weighted by atomic mass is 32.2. The minimum Gasteiger partial charge on any atom is -0.495 e. The van der Waals surface area contributed by atoms with Gasteiger partial charge in [0.2, 0.25) is 5.91 Å². The van der Waals surface area contributed by atoms with Gasteiger partial charge < -0.3 is 10.1 Å². The lowest BCUT2D eigenvalue weighted by molar-refractivity contribution is -0.119. The normalized spacial score (nSPS) is 18.6. The molecule has 1 N–H and O–H groups in total. The molecule has 4 rings (SSSR count). The lowest BCUT2D eigenvalue weighted by atomic mass is 9.86. The molecule has 1 fully saturated rings. The van der Waals surface area contributed by atoms with E-state index >= 15 is 0 Å². The molecule has 1 aliphatic rings. The van der Waals surface area contributed by atoms with Crippen LogP contribution in [0, 0.1) is 5.92 Å². The number of rotatable bonds is 6. The summed E-state index contributed by atoms with van der Waals surface area (Å²) in [5, 5.41) is 4.17. The van der Waals surface area contributed by atoms with E-state index in [0.717, 1.165) is 19.3 Å². The van der Waals surface area contributed by atoms with Gasteiger partial charge in [-0.1, -0.05) is 55.8 Å². The second kappa shape index (κ2) is 9.56. The standard InChI is InChI=1S/C24H27N3O3S/c1-16-9-3-5-11-18(16)25-22(28)15-31-24-26-19-12-6-4-10-17(19)23(29)27(24)20-13-7-8-14-21(20)30-2/h4,6-8,10,12-14,16,18H,3,5,9,11,15H2,1-2H3,(H,25,28). The Morgan fingerprint density at radius 3 is 2.71 bits per heavy atom. The van der Waals surface area contributed by atoms with E-state index in [1.165, 1.54) is 18.2 Å². The molecule has 1 aliphatic carbocycles. The number of nitrogens with one attached hydrogen (secondary N) is 1. The van der Waals surface area contributed by atoms with Crippen molar-refractivity contribution in [1.29, 1.82) is 0 Å². The van der Waals surface area contributed by atoms with Crippen LogP contribution in [-0.2, 0) is 4.79 Å². The monoisotopic (exact) mass is 437 g/mol. The molecule has 6 nitrogen and oxygen atoms in total. The molecular weight excluding hydrogens is 410 g/mol. The quantitative estimate of drug-likeness (QED) is 0.463. The zero-order valence-electron chi connectivity index (χ0n) is 17.8. The Labute approximate surface area is 186 Å². The number of methoxy groups -OCH3 is 1. The Bertz CT molecular complexity index is 1140. The van der Waals surface area contributed by atoms with Gasteiger partial charge in [-0.3, -0.25) is 14.2 Å². The molecule has 1 saturated carbocycles. The first-order chi connectivity index (χ1) is 15.1. The van der Waals surface area contributed by atoms with Crippen molar-refractivity contribution in [3.05, 3.63) is 58.9 Å². The fourth-order valence-corrected chi connectivity index (χ4v) is 4.96. The van der Waals surface area contributed by atoms with Crippen molar-refractivity contribution >= 4 is 28.6 Å². The summed E-state index contributed by atoms with van der Waals surface area (Å²) in [6, 6.07) is 14.8. The molecule has 0 spiro atoms. The predicted molar refractivity (Wildman–Crippen MR) is 124 cm³/mol. The van der Waals surface area contributed by atoms with Crippen molar-refractivity contribution in [2.24, 2.45) is 5.92 Å². The number of amides is 1. The van der Waals surface area contributed by atoms with Crippen LogP contribution in [-0.4, -0.2) is 34.4 Å². The van der Waals surface area contributed by atoms with Gasteiger partial charge in [-0.05, 0) is 43.0 Å². The molecule has 1 amide bonds. The van der Waals surface area contributed by atoms with Crippen LogP contribution in [0.2, 0.25) is 0 Å². The van der Waals surface area contributed by atoms with Gasteiger partial charge in [0.1, 0.15) is 5.75 Å². The molecule has 2 unspecified atom stereocenters. The Morgan fingerprint density at radius 1 is 1.16 bits per heavy atom. The number of hydrogen-bond donors (Lipinski definition) is 1. The number of nitrogens with zero attached hydrogens (tertiary/aromatic N) is 2. The first kappa shape index (κ1) is 21.4. The number of ether oxygens (including phenoxy) is 1. The van der Waals surface area contributed by atoms with Crippen molar-refractivity contribution in [2.75, 3.05) is 12.9 Å². The van der Waals surface area contributed by atoms with E-state index in [0.29, 0.717) is 33.4 Å². The van der Waals surface area contributed by atoms with E-state index in [2.05, 4.69) is 12.2 Å². The van der Waals surface area contributed by atoms with Crippen molar-refractivity contribution in [2.45, 2.75) is 43.8 Å². The lowest BCUT2D eigenvalue weighted by Crippen LogP contribution is -2.41. The summed E-state index contributed by atoms with van der Waals surface area (Å²) in [4.78, 5) is 30.8. The second-order valence-electron chi connectivity index (χ2n) is 7.95. The van der Waals surface area contributed by atoms with Gasteiger partial charge in [0.25, 0.3) is 5.56 Å². The molecule has 2 aromatic carbocycles. The number of aromatic nitrogens is 2. The molecule has 0 bridgehead atoms. The van der Waals surface area contributed by atoms with Crippen LogP contribution in [0.4, 0.5) is 0 Å². The summed E-state index contributed by atoms with van der Waals surface area (Å²) in [6.45, 7) is 2.20. The number of carbonyl (C=O) groups is 1. The highest BCUT2D eigenvalue weighted by Gasteiger charge is 2.23. The number of thioether (sulfide) groups is 1. The summed E-state index contributed by atoms with van der Waals surface area (Å²) in [5.74, 6) is 1.23. The number of carbonyl (C=O) groups excluding carboxylic acids is 1. The smallest absolute Gasteiger partial charge is 0.266 e. The van der Waals surface area contributed by atoms with E-state index in [9.17, 15) is 9.59 Å². The highest BCUT2D eigenvalue weighted by Crippen LogP contribution is 2.27. The fraction of sp³-hybridized carbons (Fsp3) is 0.375. The highest BCUT2D eigenvalue weighted by molar-refractivity contribution is 7.99. The Morgan fingerprint density at radius 2 is 1.90 bits per heavy atom. The first-order valence-corrected chi connectivity index (χ1v) is 11.6. The van der Waals surface area contributed by atoms with Crippen molar-refractivity contribution in [3.63, 3.8) is 0 Å². The third-order valence-corrected chi connectivity index (χ3v) is 6.80. The molecule has 31 heavy (non-hydrogen) atoms. The largest absolute Gasteiger partial charge is 0.495 e. The summed E-state index contributed by atoms with van der Waals surface area (Å²) in [5.41, 5.74) is 1.04. The minimum absolute atomic E-state index is 0.0299. The zero-order valence-corrected chi connectivity index (χ0v) is 18.7. The van der Waals surface area contributed by atoms with E-state index in [1.807, 2.05) is 42.5 Å². The summed E-state index contributed by atoms with van der Waals surface area (Å²) < 4.78 is 7.03. The van der Waals surface area contributed by atoms with Crippen LogP contribution in [0.3, 0.4) is 0 Å². The summed E-state index contributed by atoms with van der Waals surface area (Å²) in [7, 11) is 1.57. The number of benzene rings is 2. The van der Waals surface area contributed by atoms with Gasteiger partial charge in [-0.25, -0.2) is 4.98 Å². The third-order valence-electron chi connectivity index (χ3n) is 5.86. The maximum Gasteiger partial charge on any atom is 0.266 e. The van der Waals surface area contributed by atoms with Crippen LogP contribution in [0.5, 0.6) is 5.75 Å². The summed E-state index contributed by atoms with van der Waals surface area (Å²) >= 11 is 1.27. The van der Waals surface area contributed by atoms with E-state index in [4.69, 9.17) is 9.72 Å².